The number of rotatable bonds is 5. The normalized spacial score (nSPS) is 11.0. The first-order valence-electron chi connectivity index (χ1n) is 7.89. The highest BCUT2D eigenvalue weighted by Crippen LogP contribution is 2.41. The average molecular weight is 310 g/mol. The molecule has 0 bridgehead atoms. The molecule has 0 atom stereocenters. The van der Waals surface area contributed by atoms with Crippen LogP contribution in [0.1, 0.15) is 29.4 Å². The van der Waals surface area contributed by atoms with Gasteiger partial charge in [0.25, 0.3) is 0 Å². The second-order valence-electron chi connectivity index (χ2n) is 5.63. The van der Waals surface area contributed by atoms with E-state index < -0.39 is 0 Å². The highest BCUT2D eigenvalue weighted by Gasteiger charge is 2.21. The van der Waals surface area contributed by atoms with Crippen LogP contribution in [0, 0.1) is 6.92 Å². The molecule has 2 aromatic carbocycles. The van der Waals surface area contributed by atoms with Crippen LogP contribution in [-0.4, -0.2) is 14.2 Å². The van der Waals surface area contributed by atoms with Crippen LogP contribution in [0.3, 0.4) is 0 Å². The lowest BCUT2D eigenvalue weighted by atomic mass is 9.98. The van der Waals surface area contributed by atoms with Crippen LogP contribution in [0.25, 0.3) is 11.0 Å². The Morgan fingerprint density at radius 1 is 1.04 bits per heavy atom. The van der Waals surface area contributed by atoms with E-state index in [1.54, 1.807) is 14.2 Å². The summed E-state index contributed by atoms with van der Waals surface area (Å²) >= 11 is 0. The van der Waals surface area contributed by atoms with Crippen LogP contribution in [0.2, 0.25) is 0 Å². The second kappa shape index (κ2) is 6.37. The molecule has 3 rings (SSSR count). The molecule has 0 aliphatic rings. The van der Waals surface area contributed by atoms with E-state index in [1.807, 2.05) is 19.1 Å². The molecule has 1 heterocycles. The van der Waals surface area contributed by atoms with Gasteiger partial charge in [-0.25, -0.2) is 0 Å². The van der Waals surface area contributed by atoms with E-state index in [1.165, 1.54) is 11.1 Å². The number of aryl methyl sites for hydroxylation is 1. The fourth-order valence-corrected chi connectivity index (χ4v) is 3.15. The topological polar surface area (TPSA) is 31.6 Å². The van der Waals surface area contributed by atoms with Crippen molar-refractivity contribution in [1.29, 1.82) is 0 Å². The van der Waals surface area contributed by atoms with Crippen molar-refractivity contribution in [3.05, 3.63) is 58.8 Å². The Hall–Kier alpha value is -2.42. The molecule has 0 saturated carbocycles. The minimum atomic E-state index is 0.789. The summed E-state index contributed by atoms with van der Waals surface area (Å²) < 4.78 is 17.3. The van der Waals surface area contributed by atoms with Crippen molar-refractivity contribution in [2.24, 2.45) is 0 Å². The summed E-state index contributed by atoms with van der Waals surface area (Å²) in [6, 6.07) is 12.4. The van der Waals surface area contributed by atoms with E-state index in [0.29, 0.717) is 0 Å². The van der Waals surface area contributed by atoms with Crippen LogP contribution < -0.4 is 9.47 Å². The number of furan rings is 1. The van der Waals surface area contributed by atoms with Gasteiger partial charge in [0.1, 0.15) is 22.8 Å². The summed E-state index contributed by atoms with van der Waals surface area (Å²) in [5, 5.41) is 1.06. The van der Waals surface area contributed by atoms with Gasteiger partial charge in [0, 0.05) is 30.0 Å². The van der Waals surface area contributed by atoms with Crippen LogP contribution >= 0.6 is 0 Å². The molecular weight excluding hydrogens is 288 g/mol. The first kappa shape index (κ1) is 15.5. The van der Waals surface area contributed by atoms with E-state index in [2.05, 4.69) is 31.2 Å². The van der Waals surface area contributed by atoms with Gasteiger partial charge in [-0.05, 0) is 12.5 Å². The van der Waals surface area contributed by atoms with E-state index in [4.69, 9.17) is 13.9 Å². The molecule has 0 amide bonds. The van der Waals surface area contributed by atoms with Crippen LogP contribution in [0.5, 0.6) is 11.5 Å². The summed E-state index contributed by atoms with van der Waals surface area (Å²) in [6.07, 6.45) is 1.68. The minimum absolute atomic E-state index is 0.789. The van der Waals surface area contributed by atoms with E-state index >= 15 is 0 Å². The molecule has 0 unspecified atom stereocenters. The van der Waals surface area contributed by atoms with Gasteiger partial charge in [-0.1, -0.05) is 37.3 Å². The van der Waals surface area contributed by atoms with Crippen molar-refractivity contribution in [2.75, 3.05) is 14.2 Å². The first-order chi connectivity index (χ1) is 11.2. The van der Waals surface area contributed by atoms with Crippen LogP contribution in [0.4, 0.5) is 0 Å². The lowest BCUT2D eigenvalue weighted by Crippen LogP contribution is -1.96. The fourth-order valence-electron chi connectivity index (χ4n) is 3.15. The fraction of sp³-hybridized carbons (Fsp3) is 0.300. The van der Waals surface area contributed by atoms with Crippen molar-refractivity contribution in [2.45, 2.75) is 26.7 Å². The van der Waals surface area contributed by atoms with Gasteiger partial charge in [0.05, 0.1) is 19.6 Å². The summed E-state index contributed by atoms with van der Waals surface area (Å²) in [5.41, 5.74) is 4.30. The average Bonchev–Trinajstić information content (AvgIpc) is 2.92. The Morgan fingerprint density at radius 3 is 2.39 bits per heavy atom. The van der Waals surface area contributed by atoms with Gasteiger partial charge in [0.15, 0.2) is 0 Å². The highest BCUT2D eigenvalue weighted by molar-refractivity contribution is 5.92. The minimum Gasteiger partial charge on any atom is -0.496 e. The van der Waals surface area contributed by atoms with Crippen LogP contribution in [-0.2, 0) is 12.8 Å². The number of hydrogen-bond donors (Lipinski definition) is 0. The summed E-state index contributed by atoms with van der Waals surface area (Å²) in [7, 11) is 3.37. The van der Waals surface area contributed by atoms with Crippen molar-refractivity contribution >= 4 is 11.0 Å². The molecule has 0 spiro atoms. The maximum atomic E-state index is 6.10. The van der Waals surface area contributed by atoms with Gasteiger partial charge in [-0.2, -0.15) is 0 Å². The second-order valence-corrected chi connectivity index (χ2v) is 5.63. The molecule has 0 aliphatic carbocycles. The van der Waals surface area contributed by atoms with Gasteiger partial charge in [-0.3, -0.25) is 0 Å². The molecule has 1 aromatic heterocycles. The van der Waals surface area contributed by atoms with Crippen molar-refractivity contribution in [3.63, 3.8) is 0 Å². The van der Waals surface area contributed by atoms with E-state index in [-0.39, 0.29) is 0 Å². The molecular formula is C20H22O3. The maximum Gasteiger partial charge on any atom is 0.142 e. The monoisotopic (exact) mass is 310 g/mol. The lowest BCUT2D eigenvalue weighted by molar-refractivity contribution is 0.391. The third-order valence-electron chi connectivity index (χ3n) is 4.29. The predicted octanol–water partition coefficient (Wildman–Crippen LogP) is 4.91. The highest BCUT2D eigenvalue weighted by atomic mass is 16.5. The molecule has 3 heteroatoms. The van der Waals surface area contributed by atoms with E-state index in [9.17, 15) is 0 Å². The van der Waals surface area contributed by atoms with Crippen molar-refractivity contribution in [3.8, 4) is 11.5 Å². The zero-order valence-electron chi connectivity index (χ0n) is 14.1. The molecule has 3 nitrogen and oxygen atoms in total. The maximum absolute atomic E-state index is 6.10. The first-order valence-corrected chi connectivity index (χ1v) is 7.89. The quantitative estimate of drug-likeness (QED) is 0.671. The molecule has 0 saturated heterocycles. The number of ether oxygens (including phenoxy) is 2. The number of benzene rings is 2. The number of fused-ring (bicyclic) bond motifs is 1. The standard InChI is InChI=1S/C20H22O3/c1-5-16-15(11-14-9-7-6-8-10-14)19-18(23-16)12-17(21-3)13(2)20(19)22-4/h6-10,12H,5,11H2,1-4H3. The van der Waals surface area contributed by atoms with Crippen molar-refractivity contribution < 1.29 is 13.9 Å². The largest absolute Gasteiger partial charge is 0.496 e. The predicted molar refractivity (Wildman–Crippen MR) is 92.7 cm³/mol. The van der Waals surface area contributed by atoms with E-state index in [0.717, 1.165) is 46.6 Å². The summed E-state index contributed by atoms with van der Waals surface area (Å²) in [4.78, 5) is 0. The van der Waals surface area contributed by atoms with Gasteiger partial charge in [-0.15, -0.1) is 0 Å². The third-order valence-corrected chi connectivity index (χ3v) is 4.29. The van der Waals surface area contributed by atoms with Crippen molar-refractivity contribution in [1.82, 2.24) is 0 Å². The number of methoxy groups -OCH3 is 2. The molecule has 0 aliphatic heterocycles. The lowest BCUT2D eigenvalue weighted by Gasteiger charge is -2.12. The molecule has 120 valence electrons. The summed E-state index contributed by atoms with van der Waals surface area (Å²) in [5.74, 6) is 2.64. The van der Waals surface area contributed by atoms with Gasteiger partial charge >= 0.3 is 0 Å². The smallest absolute Gasteiger partial charge is 0.142 e. The molecule has 3 aromatic rings. The van der Waals surface area contributed by atoms with Gasteiger partial charge < -0.3 is 13.9 Å². The molecule has 23 heavy (non-hydrogen) atoms. The van der Waals surface area contributed by atoms with Crippen LogP contribution in [0.15, 0.2) is 40.8 Å². The summed E-state index contributed by atoms with van der Waals surface area (Å²) in [6.45, 7) is 4.13. The Balaban J connectivity index is 2.25. The zero-order chi connectivity index (χ0) is 16.4. The molecule has 0 radical (unpaired) electrons. The third kappa shape index (κ3) is 2.67. The van der Waals surface area contributed by atoms with Gasteiger partial charge in [0.2, 0.25) is 0 Å². The molecule has 0 fully saturated rings. The Morgan fingerprint density at radius 2 is 1.78 bits per heavy atom. The molecule has 0 N–H and O–H groups in total. The number of hydrogen-bond acceptors (Lipinski definition) is 3. The SMILES string of the molecule is CCc1oc2cc(OC)c(C)c(OC)c2c1Cc1ccccc1. The Labute approximate surface area is 136 Å². The zero-order valence-corrected chi connectivity index (χ0v) is 14.1. The Kier molecular flexibility index (Phi) is 4.28. The Bertz CT molecular complexity index is 816.